The standard InChI is InChI=1S/C13H15Cl2NO4S/c1-20-9-3-2-8(6-9)16-13(17)11-7-10(21(15,18)19)4-5-12(11)14/h4-5,7-9H,2-3,6H2,1H3,(H,16,17). The fourth-order valence-corrected chi connectivity index (χ4v) is 3.36. The molecule has 2 rings (SSSR count). The normalized spacial score (nSPS) is 22.2. The number of carbonyl (C=O) groups is 1. The topological polar surface area (TPSA) is 72.5 Å². The van der Waals surface area contributed by atoms with Crippen LogP contribution in [0.2, 0.25) is 5.02 Å². The first-order valence-electron chi connectivity index (χ1n) is 6.39. The summed E-state index contributed by atoms with van der Waals surface area (Å²) in [4.78, 5) is 12.1. The van der Waals surface area contributed by atoms with Crippen LogP contribution in [0.1, 0.15) is 29.6 Å². The summed E-state index contributed by atoms with van der Waals surface area (Å²) in [5.41, 5.74) is 0.0965. The number of amides is 1. The van der Waals surface area contributed by atoms with Crippen LogP contribution >= 0.6 is 22.3 Å². The molecule has 0 bridgehead atoms. The highest BCUT2D eigenvalue weighted by Crippen LogP contribution is 2.25. The molecule has 1 aromatic rings. The highest BCUT2D eigenvalue weighted by atomic mass is 35.7. The Balaban J connectivity index is 2.16. The van der Waals surface area contributed by atoms with Gasteiger partial charge in [-0.15, -0.1) is 0 Å². The molecule has 1 aromatic carbocycles. The van der Waals surface area contributed by atoms with Crippen molar-refractivity contribution in [1.82, 2.24) is 5.32 Å². The minimum atomic E-state index is -3.90. The third-order valence-electron chi connectivity index (χ3n) is 3.52. The lowest BCUT2D eigenvalue weighted by Gasteiger charge is -2.14. The van der Waals surface area contributed by atoms with Gasteiger partial charge in [0.1, 0.15) is 0 Å². The third kappa shape index (κ3) is 4.10. The van der Waals surface area contributed by atoms with E-state index in [0.717, 1.165) is 19.3 Å². The number of methoxy groups -OCH3 is 1. The van der Waals surface area contributed by atoms with Gasteiger partial charge in [-0.05, 0) is 37.5 Å². The minimum Gasteiger partial charge on any atom is -0.381 e. The lowest BCUT2D eigenvalue weighted by atomic mass is 10.2. The summed E-state index contributed by atoms with van der Waals surface area (Å²) in [6, 6.07) is 3.79. The fraction of sp³-hybridized carbons (Fsp3) is 0.462. The molecule has 8 heteroatoms. The Morgan fingerprint density at radius 3 is 2.67 bits per heavy atom. The second-order valence-electron chi connectivity index (χ2n) is 4.92. The van der Waals surface area contributed by atoms with E-state index in [-0.39, 0.29) is 27.6 Å². The average Bonchev–Trinajstić information content (AvgIpc) is 2.85. The molecule has 0 aromatic heterocycles. The minimum absolute atomic E-state index is 0.00483. The van der Waals surface area contributed by atoms with Gasteiger partial charge in [-0.3, -0.25) is 4.79 Å². The molecule has 21 heavy (non-hydrogen) atoms. The van der Waals surface area contributed by atoms with Gasteiger partial charge in [0.05, 0.1) is 21.6 Å². The zero-order chi connectivity index (χ0) is 15.6. The van der Waals surface area contributed by atoms with Gasteiger partial charge in [0.15, 0.2) is 0 Å². The van der Waals surface area contributed by atoms with E-state index in [1.54, 1.807) is 7.11 Å². The maximum absolute atomic E-state index is 12.2. The molecule has 1 amide bonds. The van der Waals surface area contributed by atoms with Crippen LogP contribution < -0.4 is 5.32 Å². The molecule has 0 heterocycles. The molecule has 0 spiro atoms. The second-order valence-corrected chi connectivity index (χ2v) is 7.89. The van der Waals surface area contributed by atoms with Gasteiger partial charge in [0.2, 0.25) is 0 Å². The lowest BCUT2D eigenvalue weighted by Crippen LogP contribution is -2.33. The summed E-state index contributed by atoms with van der Waals surface area (Å²) < 4.78 is 27.9. The van der Waals surface area contributed by atoms with E-state index in [1.807, 2.05) is 0 Å². The number of hydrogen-bond acceptors (Lipinski definition) is 4. The van der Waals surface area contributed by atoms with E-state index in [2.05, 4.69) is 5.32 Å². The summed E-state index contributed by atoms with van der Waals surface area (Å²) in [6.45, 7) is 0. The summed E-state index contributed by atoms with van der Waals surface area (Å²) in [7, 11) is 3.01. The lowest BCUT2D eigenvalue weighted by molar-refractivity contribution is 0.0915. The predicted octanol–water partition coefficient (Wildman–Crippen LogP) is 2.56. The molecule has 0 aliphatic heterocycles. The smallest absolute Gasteiger partial charge is 0.261 e. The van der Waals surface area contributed by atoms with Gasteiger partial charge in [-0.1, -0.05) is 11.6 Å². The Hall–Kier alpha value is -0.820. The number of rotatable bonds is 4. The Morgan fingerprint density at radius 1 is 1.38 bits per heavy atom. The van der Waals surface area contributed by atoms with Crippen molar-refractivity contribution in [1.29, 1.82) is 0 Å². The van der Waals surface area contributed by atoms with E-state index < -0.39 is 15.0 Å². The molecule has 1 saturated carbocycles. The van der Waals surface area contributed by atoms with E-state index in [1.165, 1.54) is 18.2 Å². The summed E-state index contributed by atoms with van der Waals surface area (Å²) in [6.07, 6.45) is 2.56. The summed E-state index contributed by atoms with van der Waals surface area (Å²) in [5.74, 6) is -0.413. The number of ether oxygens (including phenoxy) is 1. The number of carbonyl (C=O) groups excluding carboxylic acids is 1. The highest BCUT2D eigenvalue weighted by molar-refractivity contribution is 8.13. The van der Waals surface area contributed by atoms with Crippen molar-refractivity contribution < 1.29 is 17.9 Å². The molecule has 0 saturated heterocycles. The van der Waals surface area contributed by atoms with Crippen LogP contribution in [0.15, 0.2) is 23.1 Å². The van der Waals surface area contributed by atoms with Crippen LogP contribution in [-0.2, 0) is 13.8 Å². The molecule has 1 N–H and O–H groups in total. The van der Waals surface area contributed by atoms with Crippen molar-refractivity contribution in [3.05, 3.63) is 28.8 Å². The van der Waals surface area contributed by atoms with Crippen LogP contribution in [0.25, 0.3) is 0 Å². The van der Waals surface area contributed by atoms with Crippen LogP contribution in [0.4, 0.5) is 0 Å². The highest BCUT2D eigenvalue weighted by Gasteiger charge is 2.27. The number of nitrogens with one attached hydrogen (secondary N) is 1. The van der Waals surface area contributed by atoms with Crippen LogP contribution in [0.3, 0.4) is 0 Å². The van der Waals surface area contributed by atoms with E-state index in [4.69, 9.17) is 27.0 Å². The second kappa shape index (κ2) is 6.52. The number of hydrogen-bond donors (Lipinski definition) is 1. The van der Waals surface area contributed by atoms with Crippen molar-refractivity contribution in [2.24, 2.45) is 0 Å². The first-order valence-corrected chi connectivity index (χ1v) is 9.08. The molecule has 116 valence electrons. The van der Waals surface area contributed by atoms with Crippen molar-refractivity contribution >= 4 is 37.2 Å². The Labute approximate surface area is 133 Å². The van der Waals surface area contributed by atoms with Gasteiger partial charge in [0, 0.05) is 23.8 Å². The monoisotopic (exact) mass is 351 g/mol. The predicted molar refractivity (Wildman–Crippen MR) is 80.4 cm³/mol. The van der Waals surface area contributed by atoms with E-state index >= 15 is 0 Å². The molecule has 2 unspecified atom stereocenters. The molecular weight excluding hydrogens is 337 g/mol. The fourth-order valence-electron chi connectivity index (χ4n) is 2.38. The SMILES string of the molecule is COC1CCC(NC(=O)c2cc(S(=O)(=O)Cl)ccc2Cl)C1. The van der Waals surface area contributed by atoms with E-state index in [9.17, 15) is 13.2 Å². The molecule has 1 aliphatic rings. The van der Waals surface area contributed by atoms with Crippen LogP contribution in [-0.4, -0.2) is 33.6 Å². The van der Waals surface area contributed by atoms with Gasteiger partial charge in [-0.25, -0.2) is 8.42 Å². The zero-order valence-corrected chi connectivity index (χ0v) is 13.6. The Morgan fingerprint density at radius 2 is 2.10 bits per heavy atom. The Bertz CT molecular complexity index is 648. The van der Waals surface area contributed by atoms with Gasteiger partial charge < -0.3 is 10.1 Å². The summed E-state index contributed by atoms with van der Waals surface area (Å²) >= 11 is 5.96. The molecule has 2 atom stereocenters. The number of benzene rings is 1. The molecule has 1 aliphatic carbocycles. The largest absolute Gasteiger partial charge is 0.381 e. The molecule has 5 nitrogen and oxygen atoms in total. The summed E-state index contributed by atoms with van der Waals surface area (Å²) in [5, 5.41) is 3.02. The van der Waals surface area contributed by atoms with E-state index in [0.29, 0.717) is 0 Å². The molecular formula is C13H15Cl2NO4S. The maximum atomic E-state index is 12.2. The van der Waals surface area contributed by atoms with Crippen LogP contribution in [0, 0.1) is 0 Å². The van der Waals surface area contributed by atoms with Crippen LogP contribution in [0.5, 0.6) is 0 Å². The van der Waals surface area contributed by atoms with Crippen molar-refractivity contribution in [3.63, 3.8) is 0 Å². The van der Waals surface area contributed by atoms with Crippen molar-refractivity contribution in [2.45, 2.75) is 36.3 Å². The Kier molecular flexibility index (Phi) is 5.14. The third-order valence-corrected chi connectivity index (χ3v) is 5.20. The molecule has 0 radical (unpaired) electrons. The maximum Gasteiger partial charge on any atom is 0.261 e. The first-order chi connectivity index (χ1) is 9.81. The van der Waals surface area contributed by atoms with Crippen molar-refractivity contribution in [2.75, 3.05) is 7.11 Å². The quantitative estimate of drug-likeness (QED) is 0.846. The molecule has 1 fully saturated rings. The first kappa shape index (κ1) is 16.5. The number of halogens is 2. The van der Waals surface area contributed by atoms with Gasteiger partial charge in [0.25, 0.3) is 15.0 Å². The zero-order valence-electron chi connectivity index (χ0n) is 11.3. The van der Waals surface area contributed by atoms with Crippen molar-refractivity contribution in [3.8, 4) is 0 Å². The van der Waals surface area contributed by atoms with Gasteiger partial charge in [-0.2, -0.15) is 0 Å². The average molecular weight is 352 g/mol. The van der Waals surface area contributed by atoms with Gasteiger partial charge >= 0.3 is 0 Å².